The second kappa shape index (κ2) is 466. The normalized spacial score (nSPS) is 0. The van der Waals surface area contributed by atoms with Gasteiger partial charge < -0.3 is 0 Å². The molecular formula is CH2ClFO. The van der Waals surface area contributed by atoms with Gasteiger partial charge in [-0.05, 0) is 0 Å². The summed E-state index contributed by atoms with van der Waals surface area (Å²) in [4.78, 5) is 0. The SMILES string of the molecule is Cl.F.[C].[O]. The zero-order valence-electron chi connectivity index (χ0n) is 1.72. The van der Waals surface area contributed by atoms with E-state index in [1.807, 2.05) is 0 Å². The summed E-state index contributed by atoms with van der Waals surface area (Å²) in [5, 5.41) is 0. The molecular weight excluding hydrogens is 82.5 g/mol. The van der Waals surface area contributed by atoms with E-state index >= 15 is 0 Å². The Balaban J connectivity index is 0. The van der Waals surface area contributed by atoms with Crippen LogP contribution in [0, 0.1) is 7.43 Å². The van der Waals surface area contributed by atoms with Crippen molar-refractivity contribution in [3.05, 3.63) is 7.43 Å². The van der Waals surface area contributed by atoms with Gasteiger partial charge in [0.1, 0.15) is 0 Å². The van der Waals surface area contributed by atoms with Crippen LogP contribution in [0.25, 0.3) is 0 Å². The summed E-state index contributed by atoms with van der Waals surface area (Å²) in [7, 11) is 0. The molecule has 0 N–H and O–H groups in total. The van der Waals surface area contributed by atoms with E-state index in [0.717, 1.165) is 0 Å². The van der Waals surface area contributed by atoms with Crippen LogP contribution in [0.15, 0.2) is 0 Å². The highest BCUT2D eigenvalue weighted by molar-refractivity contribution is 5.85. The molecule has 0 aromatic heterocycles. The lowest BCUT2D eigenvalue weighted by molar-refractivity contribution is 0.686. The predicted molar refractivity (Wildman–Crippen MR) is 13.7 cm³/mol. The maximum Gasteiger partial charge on any atom is 0 e. The monoisotopic (exact) mass is 84.0 g/mol. The molecule has 0 aromatic rings. The first-order valence-corrected chi connectivity index (χ1v) is 0. The first-order valence-electron chi connectivity index (χ1n) is 0. The Morgan fingerprint density at radius 3 is 1.00 bits per heavy atom. The van der Waals surface area contributed by atoms with Gasteiger partial charge in [-0.3, -0.25) is 4.70 Å². The summed E-state index contributed by atoms with van der Waals surface area (Å²) >= 11 is 0. The molecule has 0 atom stereocenters. The minimum absolute atomic E-state index is 0. The molecule has 26 valence electrons. The van der Waals surface area contributed by atoms with Gasteiger partial charge in [-0.25, -0.2) is 0 Å². The Labute approximate surface area is 31.1 Å². The van der Waals surface area contributed by atoms with Crippen LogP contribution in [0.3, 0.4) is 0 Å². The summed E-state index contributed by atoms with van der Waals surface area (Å²) in [5.74, 6) is 0. The number of rotatable bonds is 0. The van der Waals surface area contributed by atoms with Crippen LogP contribution >= 0.6 is 12.4 Å². The predicted octanol–water partition coefficient (Wildman–Crippen LogP) is 0.537. The van der Waals surface area contributed by atoms with E-state index in [9.17, 15) is 0 Å². The highest BCUT2D eigenvalue weighted by Crippen LogP contribution is 0.690. The Morgan fingerprint density at radius 2 is 1.00 bits per heavy atom. The van der Waals surface area contributed by atoms with Crippen molar-refractivity contribution < 1.29 is 10.2 Å². The molecule has 0 heterocycles. The molecule has 0 aliphatic rings. The van der Waals surface area contributed by atoms with Crippen molar-refractivity contribution >= 4 is 12.4 Å². The molecule has 0 spiro atoms. The molecule has 0 aromatic carbocycles. The molecule has 0 fully saturated rings. The van der Waals surface area contributed by atoms with Crippen LogP contribution < -0.4 is 0 Å². The van der Waals surface area contributed by atoms with E-state index in [-0.39, 0.29) is 30.0 Å². The van der Waals surface area contributed by atoms with Crippen molar-refractivity contribution in [1.82, 2.24) is 0 Å². The first-order chi connectivity index (χ1) is 0. The maximum absolute atomic E-state index is 0. The summed E-state index contributed by atoms with van der Waals surface area (Å²) in [5.41, 5.74) is 0. The van der Waals surface area contributed by atoms with E-state index in [1.165, 1.54) is 0 Å². The average molecular weight is 84.5 g/mol. The Hall–Kier alpha value is 0.180. The topological polar surface area (TPSA) is 28.5 Å². The highest BCUT2D eigenvalue weighted by atomic mass is 35.5. The second-order valence-electron chi connectivity index (χ2n) is 0. The van der Waals surface area contributed by atoms with Crippen molar-refractivity contribution in [1.29, 1.82) is 0 Å². The standard InChI is InChI=1S/C.ClH.FH.O/h;2*1H;. The number of hydrogen-bond donors (Lipinski definition) is 0. The van der Waals surface area contributed by atoms with Crippen molar-refractivity contribution in [3.8, 4) is 0 Å². The third-order valence-corrected chi connectivity index (χ3v) is 0. The Kier molecular flexibility index (Phi) is 152000. The molecule has 0 saturated heterocycles. The van der Waals surface area contributed by atoms with Gasteiger partial charge in [-0.15, -0.1) is 12.4 Å². The Morgan fingerprint density at radius 1 is 1.00 bits per heavy atom. The van der Waals surface area contributed by atoms with Gasteiger partial charge in [-0.1, -0.05) is 0 Å². The van der Waals surface area contributed by atoms with Crippen molar-refractivity contribution in [2.75, 3.05) is 0 Å². The molecule has 0 aliphatic carbocycles. The minimum atomic E-state index is 0. The molecule has 3 heteroatoms. The summed E-state index contributed by atoms with van der Waals surface area (Å²) < 4.78 is 0. The number of halogens is 2. The number of hydrogen-bond acceptors (Lipinski definition) is 0. The molecule has 0 unspecified atom stereocenters. The van der Waals surface area contributed by atoms with Crippen LogP contribution in [0.5, 0.6) is 0 Å². The van der Waals surface area contributed by atoms with Crippen LogP contribution in [-0.2, 0) is 5.48 Å². The van der Waals surface area contributed by atoms with E-state index in [1.54, 1.807) is 0 Å². The lowest BCUT2D eigenvalue weighted by Gasteiger charge is -0.269. The highest BCUT2D eigenvalue weighted by Gasteiger charge is 0.00102. The van der Waals surface area contributed by atoms with Gasteiger partial charge in [0.15, 0.2) is 0 Å². The Bertz CT molecular complexity index is 8.00. The maximum atomic E-state index is 0. The van der Waals surface area contributed by atoms with Gasteiger partial charge in [0.2, 0.25) is 0 Å². The van der Waals surface area contributed by atoms with Crippen molar-refractivity contribution in [3.63, 3.8) is 0 Å². The van der Waals surface area contributed by atoms with E-state index in [2.05, 4.69) is 0 Å². The molecule has 0 bridgehead atoms. The molecule has 1 nitrogen and oxygen atoms in total. The third-order valence-electron chi connectivity index (χ3n) is 0. The van der Waals surface area contributed by atoms with Crippen LogP contribution in [0.1, 0.15) is 0 Å². The fourth-order valence-corrected chi connectivity index (χ4v) is 0. The van der Waals surface area contributed by atoms with Crippen molar-refractivity contribution in [2.45, 2.75) is 0 Å². The average Bonchev–Trinajstić information content (AvgIpc) is 0. The fraction of sp³-hybridized carbons (Fsp3) is 0. The van der Waals surface area contributed by atoms with Crippen LogP contribution in [0.4, 0.5) is 4.70 Å². The van der Waals surface area contributed by atoms with Crippen LogP contribution in [0.2, 0.25) is 0 Å². The minimum Gasteiger partial charge on any atom is -0.269 e. The molecule has 4 heavy (non-hydrogen) atoms. The molecule has 0 amide bonds. The fourth-order valence-electron chi connectivity index (χ4n) is 0. The first kappa shape index (κ1) is 1300. The van der Waals surface area contributed by atoms with Gasteiger partial charge in [-0.2, -0.15) is 0 Å². The zero-order valence-corrected chi connectivity index (χ0v) is 2.54. The quantitative estimate of drug-likeness (QED) is 0.410. The third kappa shape index (κ3) is 93.7. The van der Waals surface area contributed by atoms with Crippen molar-refractivity contribution in [2.24, 2.45) is 0 Å². The molecule has 0 aliphatic heterocycles. The van der Waals surface area contributed by atoms with Gasteiger partial charge in [0.05, 0.1) is 0 Å². The lowest BCUT2D eigenvalue weighted by Crippen LogP contribution is -0.119. The van der Waals surface area contributed by atoms with Gasteiger partial charge >= 0.3 is 0 Å². The second-order valence-corrected chi connectivity index (χ2v) is 0. The van der Waals surface area contributed by atoms with E-state index in [0.29, 0.717) is 0 Å². The summed E-state index contributed by atoms with van der Waals surface area (Å²) in [6, 6.07) is 0. The summed E-state index contributed by atoms with van der Waals surface area (Å²) in [6.07, 6.45) is 0. The lowest BCUT2D eigenvalue weighted by atomic mass is 12.0. The van der Waals surface area contributed by atoms with E-state index in [4.69, 9.17) is 0 Å². The molecule has 0 rings (SSSR count). The zero-order chi connectivity index (χ0) is 0. The van der Waals surface area contributed by atoms with Gasteiger partial charge in [0, 0.05) is 12.9 Å². The molecule has 6 radical (unpaired) electrons. The molecule has 0 saturated carbocycles. The van der Waals surface area contributed by atoms with Crippen LogP contribution in [-0.4, -0.2) is 0 Å². The largest absolute Gasteiger partial charge is 0.269 e. The smallest absolute Gasteiger partial charge is 0 e. The van der Waals surface area contributed by atoms with E-state index < -0.39 is 0 Å². The summed E-state index contributed by atoms with van der Waals surface area (Å²) in [6.45, 7) is 0. The van der Waals surface area contributed by atoms with Gasteiger partial charge in [0.25, 0.3) is 0 Å².